The van der Waals surface area contributed by atoms with Crippen molar-refractivity contribution in [2.75, 3.05) is 79.0 Å². The van der Waals surface area contributed by atoms with Crippen molar-refractivity contribution < 1.29 is 57.9 Å². The van der Waals surface area contributed by atoms with Gasteiger partial charge >= 0.3 is 11.9 Å². The van der Waals surface area contributed by atoms with Gasteiger partial charge in [-0.25, -0.2) is 4.79 Å². The van der Waals surface area contributed by atoms with Crippen LogP contribution >= 0.6 is 0 Å². The van der Waals surface area contributed by atoms with Crippen LogP contribution in [0.1, 0.15) is 142 Å². The molecule has 4 amide bonds. The number of hydrogen-bond acceptors (Lipinski definition) is 11. The first-order valence-corrected chi connectivity index (χ1v) is 21.6. The Balaban J connectivity index is 0. The molecule has 0 aliphatic heterocycles. The number of nitrogens with one attached hydrogen (secondary N) is 4. The van der Waals surface area contributed by atoms with Crippen molar-refractivity contribution in [1.29, 1.82) is 0 Å². The molecule has 0 rings (SSSR count). The number of hydrogen-bond donors (Lipinski definition) is 7. The standard InChI is InChI=1S/C35H65N3O11.C6H14N2O/c1-2-46-25-26-47-24-22-37-33(41)29-49-28-27-48-23-21-36-31(39)20-19-30(35(44)45)38-32(40)17-15-13-11-9-7-5-3-4-6-8-10-12-14-16-18-34(42)43;7-4-2-1-3-5-8-6-9/h30H,2-29H2,1H3,(H,36,39)(H,37,41)(H,38,40)(H,42,43)(H,44,45);6H,1-5,7H2,(H,8,9). The lowest BCUT2D eigenvalue weighted by Crippen LogP contribution is -2.41. The van der Waals surface area contributed by atoms with Crippen LogP contribution in [0.4, 0.5) is 0 Å². The van der Waals surface area contributed by atoms with Gasteiger partial charge in [0.05, 0.1) is 39.6 Å². The maximum atomic E-state index is 12.3. The molecule has 0 radical (unpaired) electrons. The summed E-state index contributed by atoms with van der Waals surface area (Å²) in [6.07, 6.45) is 19.6. The van der Waals surface area contributed by atoms with Crippen LogP contribution in [-0.4, -0.2) is 131 Å². The summed E-state index contributed by atoms with van der Waals surface area (Å²) in [6, 6.07) is -1.12. The Labute approximate surface area is 347 Å². The lowest BCUT2D eigenvalue weighted by Gasteiger charge is -2.14. The zero-order chi connectivity index (χ0) is 43.2. The lowest BCUT2D eigenvalue weighted by atomic mass is 10.0. The summed E-state index contributed by atoms with van der Waals surface area (Å²) in [5.41, 5.74) is 5.25. The Bertz CT molecular complexity index is 1010. The van der Waals surface area contributed by atoms with Gasteiger partial charge in [0.1, 0.15) is 12.6 Å². The second kappa shape index (κ2) is 46.3. The van der Waals surface area contributed by atoms with E-state index in [0.29, 0.717) is 39.4 Å². The normalized spacial score (nSPS) is 11.2. The second-order valence-electron chi connectivity index (χ2n) is 13.9. The van der Waals surface area contributed by atoms with Crippen molar-refractivity contribution in [3.05, 3.63) is 0 Å². The largest absolute Gasteiger partial charge is 0.481 e. The van der Waals surface area contributed by atoms with Crippen molar-refractivity contribution in [1.82, 2.24) is 21.3 Å². The van der Waals surface area contributed by atoms with Crippen LogP contribution in [0.15, 0.2) is 0 Å². The first-order valence-electron chi connectivity index (χ1n) is 21.6. The highest BCUT2D eigenvalue weighted by molar-refractivity contribution is 5.84. The Morgan fingerprint density at radius 2 is 1.03 bits per heavy atom. The van der Waals surface area contributed by atoms with E-state index in [1.807, 2.05) is 6.92 Å². The molecule has 0 aliphatic rings. The first kappa shape index (κ1) is 56.7. The zero-order valence-corrected chi connectivity index (χ0v) is 35.5. The number of carbonyl (C=O) groups is 6. The van der Waals surface area contributed by atoms with Crippen molar-refractivity contribution in [2.45, 2.75) is 148 Å². The third-order valence-corrected chi connectivity index (χ3v) is 8.76. The van der Waals surface area contributed by atoms with E-state index in [1.165, 1.54) is 44.9 Å². The molecule has 0 saturated heterocycles. The number of carboxylic acid groups (broad SMARTS) is 2. The summed E-state index contributed by atoms with van der Waals surface area (Å²) in [4.78, 5) is 67.8. The van der Waals surface area contributed by atoms with Crippen molar-refractivity contribution in [3.8, 4) is 0 Å². The second-order valence-corrected chi connectivity index (χ2v) is 13.9. The molecule has 0 bridgehead atoms. The fraction of sp³-hybridized carbons (Fsp3) is 0.854. The van der Waals surface area contributed by atoms with Gasteiger partial charge < -0.3 is 56.2 Å². The molecule has 0 spiro atoms. The van der Waals surface area contributed by atoms with E-state index in [4.69, 9.17) is 29.8 Å². The topological polar surface area (TPSA) is 254 Å². The molecule has 0 heterocycles. The van der Waals surface area contributed by atoms with Crippen LogP contribution in [0.3, 0.4) is 0 Å². The van der Waals surface area contributed by atoms with Crippen LogP contribution in [0, 0.1) is 0 Å². The Hall–Kier alpha value is -3.38. The summed E-state index contributed by atoms with van der Waals surface area (Å²) in [7, 11) is 0. The summed E-state index contributed by atoms with van der Waals surface area (Å²) >= 11 is 0. The summed E-state index contributed by atoms with van der Waals surface area (Å²) in [6.45, 7) is 6.71. The van der Waals surface area contributed by atoms with E-state index in [-0.39, 0.29) is 76.4 Å². The fourth-order valence-electron chi connectivity index (χ4n) is 5.50. The minimum atomic E-state index is -1.17. The number of carbonyl (C=O) groups excluding carboxylic acids is 4. The maximum absolute atomic E-state index is 12.3. The molecule has 0 saturated carbocycles. The van der Waals surface area contributed by atoms with Crippen molar-refractivity contribution in [3.63, 3.8) is 0 Å². The van der Waals surface area contributed by atoms with Gasteiger partial charge in [-0.3, -0.25) is 24.0 Å². The summed E-state index contributed by atoms with van der Waals surface area (Å²) in [5.74, 6) is -2.77. The Morgan fingerprint density at radius 3 is 1.53 bits per heavy atom. The SMILES string of the molecule is CCOCCOCCNC(=O)COCCOCCNC(=O)CCC(NC(=O)CCCCCCCCCCCCCCCCC(=O)O)C(=O)O.NCCCCCNC=O. The van der Waals surface area contributed by atoms with Gasteiger partial charge in [-0.2, -0.15) is 0 Å². The molecule has 0 fully saturated rings. The molecular formula is C41H79N5O12. The predicted molar refractivity (Wildman–Crippen MR) is 222 cm³/mol. The molecule has 340 valence electrons. The highest BCUT2D eigenvalue weighted by atomic mass is 16.5. The minimum absolute atomic E-state index is 0.00411. The molecule has 0 aliphatic carbocycles. The van der Waals surface area contributed by atoms with E-state index in [0.717, 1.165) is 77.3 Å². The smallest absolute Gasteiger partial charge is 0.326 e. The molecule has 58 heavy (non-hydrogen) atoms. The van der Waals surface area contributed by atoms with E-state index >= 15 is 0 Å². The average Bonchev–Trinajstić information content (AvgIpc) is 3.19. The fourth-order valence-corrected chi connectivity index (χ4v) is 5.50. The highest BCUT2D eigenvalue weighted by Crippen LogP contribution is 2.14. The van der Waals surface area contributed by atoms with Crippen LogP contribution in [0.5, 0.6) is 0 Å². The van der Waals surface area contributed by atoms with Gasteiger partial charge in [0.2, 0.25) is 24.1 Å². The molecular weight excluding hydrogens is 754 g/mol. The number of rotatable bonds is 43. The van der Waals surface area contributed by atoms with Crippen LogP contribution in [-0.2, 0) is 47.7 Å². The van der Waals surface area contributed by atoms with Gasteiger partial charge in [0, 0.05) is 45.5 Å². The zero-order valence-electron chi connectivity index (χ0n) is 35.5. The quantitative estimate of drug-likeness (QED) is 0.0341. The summed E-state index contributed by atoms with van der Waals surface area (Å²) < 4.78 is 21.1. The Kier molecular flexibility index (Phi) is 45.3. The van der Waals surface area contributed by atoms with E-state index in [9.17, 15) is 33.9 Å². The molecule has 17 heteroatoms. The van der Waals surface area contributed by atoms with E-state index in [2.05, 4.69) is 21.3 Å². The van der Waals surface area contributed by atoms with Gasteiger partial charge in [-0.1, -0.05) is 83.5 Å². The number of ether oxygens (including phenoxy) is 4. The third kappa shape index (κ3) is 47.0. The number of amides is 4. The monoisotopic (exact) mass is 834 g/mol. The molecule has 1 atom stereocenters. The van der Waals surface area contributed by atoms with Crippen molar-refractivity contribution >= 4 is 36.1 Å². The molecule has 0 aromatic heterocycles. The van der Waals surface area contributed by atoms with Crippen LogP contribution in [0.25, 0.3) is 0 Å². The molecule has 0 aromatic rings. The third-order valence-electron chi connectivity index (χ3n) is 8.76. The van der Waals surface area contributed by atoms with Gasteiger partial charge in [0.15, 0.2) is 0 Å². The van der Waals surface area contributed by atoms with Gasteiger partial charge in [-0.15, -0.1) is 0 Å². The van der Waals surface area contributed by atoms with Gasteiger partial charge in [-0.05, 0) is 45.6 Å². The molecule has 17 nitrogen and oxygen atoms in total. The van der Waals surface area contributed by atoms with Crippen LogP contribution < -0.4 is 27.0 Å². The number of nitrogens with two attached hydrogens (primary N) is 1. The number of carboxylic acids is 2. The number of unbranched alkanes of at least 4 members (excludes halogenated alkanes) is 15. The Morgan fingerprint density at radius 1 is 0.552 bits per heavy atom. The summed E-state index contributed by atoms with van der Waals surface area (Å²) in [5, 5.41) is 28.6. The van der Waals surface area contributed by atoms with Crippen molar-refractivity contribution in [2.24, 2.45) is 5.73 Å². The maximum Gasteiger partial charge on any atom is 0.326 e. The highest BCUT2D eigenvalue weighted by Gasteiger charge is 2.20. The lowest BCUT2D eigenvalue weighted by molar-refractivity contribution is -0.142. The minimum Gasteiger partial charge on any atom is -0.481 e. The van der Waals surface area contributed by atoms with E-state index in [1.54, 1.807) is 0 Å². The predicted octanol–water partition coefficient (Wildman–Crippen LogP) is 3.84. The first-order chi connectivity index (χ1) is 28.2. The number of aliphatic carboxylic acids is 2. The van der Waals surface area contributed by atoms with Gasteiger partial charge in [0.25, 0.3) is 0 Å². The van der Waals surface area contributed by atoms with E-state index < -0.39 is 18.0 Å². The molecule has 8 N–H and O–H groups in total. The average molecular weight is 834 g/mol. The van der Waals surface area contributed by atoms with Crippen LogP contribution in [0.2, 0.25) is 0 Å². The molecule has 1 unspecified atom stereocenters. The molecule has 0 aromatic carbocycles.